The zero-order valence-electron chi connectivity index (χ0n) is 10.8. The molecule has 2 amide bonds. The number of carbonyl (C=O) groups is 1. The first-order valence-electron chi connectivity index (χ1n) is 6.43. The number of carbonyl (C=O) groups excluding carboxylic acids is 1. The molecule has 0 saturated carbocycles. The summed E-state index contributed by atoms with van der Waals surface area (Å²) >= 11 is 0. The fraction of sp³-hybridized carbons (Fsp3) is 0.500. The number of ether oxygens (including phenoxy) is 1. The van der Waals surface area contributed by atoms with Gasteiger partial charge in [0.2, 0.25) is 0 Å². The number of amides is 2. The molecule has 0 aromatic heterocycles. The first kappa shape index (κ1) is 12.9. The van der Waals surface area contributed by atoms with Crippen LogP contribution in [0.1, 0.15) is 18.4 Å². The number of rotatable bonds is 3. The lowest BCUT2D eigenvalue weighted by Gasteiger charge is -2.27. The fourth-order valence-electron chi connectivity index (χ4n) is 2.02. The Morgan fingerprint density at radius 2 is 2.00 bits per heavy atom. The minimum Gasteiger partial charge on any atom is -0.378 e. The van der Waals surface area contributed by atoms with Gasteiger partial charge in [-0.15, -0.1) is 0 Å². The van der Waals surface area contributed by atoms with Gasteiger partial charge in [-0.2, -0.15) is 0 Å². The van der Waals surface area contributed by atoms with Crippen molar-refractivity contribution in [3.63, 3.8) is 0 Å². The van der Waals surface area contributed by atoms with E-state index >= 15 is 0 Å². The summed E-state index contributed by atoms with van der Waals surface area (Å²) in [7, 11) is 0. The highest BCUT2D eigenvalue weighted by atomic mass is 16.5. The molecule has 18 heavy (non-hydrogen) atoms. The first-order valence-corrected chi connectivity index (χ1v) is 6.43. The molecule has 0 radical (unpaired) electrons. The smallest absolute Gasteiger partial charge is 0.317 e. The summed E-state index contributed by atoms with van der Waals surface area (Å²) in [6.45, 7) is 5.44. The van der Waals surface area contributed by atoms with Crippen LogP contribution in [0, 0.1) is 0 Å². The third kappa shape index (κ3) is 3.47. The molecule has 1 aliphatic heterocycles. The van der Waals surface area contributed by atoms with Gasteiger partial charge in [-0.1, -0.05) is 37.3 Å². The van der Waals surface area contributed by atoms with Gasteiger partial charge in [0.05, 0.1) is 13.2 Å². The molecule has 4 heteroatoms. The van der Waals surface area contributed by atoms with E-state index in [0.717, 1.165) is 0 Å². The molecule has 98 valence electrons. The number of nitrogens with zero attached hydrogens (tertiary/aromatic N) is 1. The Bertz CT molecular complexity index is 375. The zero-order chi connectivity index (χ0) is 12.8. The van der Waals surface area contributed by atoms with Crippen molar-refractivity contribution in [2.75, 3.05) is 32.8 Å². The average Bonchev–Trinajstić information content (AvgIpc) is 2.46. The topological polar surface area (TPSA) is 41.6 Å². The van der Waals surface area contributed by atoms with Crippen molar-refractivity contribution in [2.24, 2.45) is 0 Å². The molecule has 1 fully saturated rings. The van der Waals surface area contributed by atoms with E-state index in [9.17, 15) is 4.79 Å². The lowest BCUT2D eigenvalue weighted by Crippen LogP contribution is -2.46. The molecule has 1 heterocycles. The highest BCUT2D eigenvalue weighted by molar-refractivity contribution is 5.74. The average molecular weight is 248 g/mol. The minimum absolute atomic E-state index is 0.0149. The van der Waals surface area contributed by atoms with E-state index in [-0.39, 0.29) is 6.03 Å². The SMILES string of the molecule is CC(CNC(=O)N1CCOCC1)c1ccccc1. The molecule has 1 unspecified atom stereocenters. The van der Waals surface area contributed by atoms with Gasteiger partial charge in [0, 0.05) is 19.6 Å². The molecule has 1 saturated heterocycles. The largest absolute Gasteiger partial charge is 0.378 e. The number of hydrogen-bond donors (Lipinski definition) is 1. The Balaban J connectivity index is 1.78. The maximum atomic E-state index is 11.9. The van der Waals surface area contributed by atoms with Gasteiger partial charge < -0.3 is 15.0 Å². The maximum Gasteiger partial charge on any atom is 0.317 e. The van der Waals surface area contributed by atoms with E-state index < -0.39 is 0 Å². The third-order valence-corrected chi connectivity index (χ3v) is 3.23. The van der Waals surface area contributed by atoms with Crippen LogP contribution in [-0.4, -0.2) is 43.8 Å². The maximum absolute atomic E-state index is 11.9. The molecule has 1 N–H and O–H groups in total. The monoisotopic (exact) mass is 248 g/mol. The van der Waals surface area contributed by atoms with E-state index in [4.69, 9.17) is 4.74 Å². The van der Waals surface area contributed by atoms with Crippen LogP contribution in [0.3, 0.4) is 0 Å². The number of hydrogen-bond acceptors (Lipinski definition) is 2. The summed E-state index contributed by atoms with van der Waals surface area (Å²) in [6, 6.07) is 10.2. The van der Waals surface area contributed by atoms with Crippen LogP contribution in [0.25, 0.3) is 0 Å². The van der Waals surface area contributed by atoms with E-state index in [0.29, 0.717) is 38.8 Å². The highest BCUT2D eigenvalue weighted by Gasteiger charge is 2.17. The molecule has 0 aliphatic carbocycles. The lowest BCUT2D eigenvalue weighted by molar-refractivity contribution is 0.0532. The van der Waals surface area contributed by atoms with Crippen molar-refractivity contribution in [3.05, 3.63) is 35.9 Å². The summed E-state index contributed by atoms with van der Waals surface area (Å²) < 4.78 is 5.22. The van der Waals surface area contributed by atoms with Gasteiger partial charge in [-0.3, -0.25) is 0 Å². The van der Waals surface area contributed by atoms with E-state index in [1.165, 1.54) is 5.56 Å². The van der Waals surface area contributed by atoms with Crippen LogP contribution in [-0.2, 0) is 4.74 Å². The Kier molecular flexibility index (Phi) is 4.59. The predicted octanol–water partition coefficient (Wildman–Crippen LogP) is 1.83. The van der Waals surface area contributed by atoms with Gasteiger partial charge in [0.1, 0.15) is 0 Å². The Morgan fingerprint density at radius 3 is 2.67 bits per heavy atom. The normalized spacial score (nSPS) is 17.3. The molecular weight excluding hydrogens is 228 g/mol. The van der Waals surface area contributed by atoms with Crippen LogP contribution in [0.2, 0.25) is 0 Å². The van der Waals surface area contributed by atoms with Crippen molar-refractivity contribution in [1.82, 2.24) is 10.2 Å². The summed E-state index contributed by atoms with van der Waals surface area (Å²) in [5.74, 6) is 0.330. The second-order valence-electron chi connectivity index (χ2n) is 4.60. The molecular formula is C14H20N2O2. The van der Waals surface area contributed by atoms with Crippen molar-refractivity contribution in [1.29, 1.82) is 0 Å². The molecule has 2 rings (SSSR count). The number of urea groups is 1. The van der Waals surface area contributed by atoms with Crippen molar-refractivity contribution in [2.45, 2.75) is 12.8 Å². The summed E-state index contributed by atoms with van der Waals surface area (Å²) in [5.41, 5.74) is 1.25. The highest BCUT2D eigenvalue weighted by Crippen LogP contribution is 2.13. The van der Waals surface area contributed by atoms with E-state index in [2.05, 4.69) is 24.4 Å². The Hall–Kier alpha value is -1.55. The number of morpholine rings is 1. The van der Waals surface area contributed by atoms with E-state index in [1.54, 1.807) is 4.90 Å². The van der Waals surface area contributed by atoms with Crippen molar-refractivity contribution >= 4 is 6.03 Å². The summed E-state index contributed by atoms with van der Waals surface area (Å²) in [5, 5.41) is 2.98. The van der Waals surface area contributed by atoms with Crippen LogP contribution < -0.4 is 5.32 Å². The van der Waals surface area contributed by atoms with Gasteiger partial charge in [-0.05, 0) is 11.5 Å². The lowest BCUT2D eigenvalue weighted by atomic mass is 10.0. The number of nitrogens with one attached hydrogen (secondary N) is 1. The second-order valence-corrected chi connectivity index (χ2v) is 4.60. The third-order valence-electron chi connectivity index (χ3n) is 3.23. The van der Waals surface area contributed by atoms with Gasteiger partial charge in [-0.25, -0.2) is 4.79 Å². The molecule has 1 aliphatic rings. The Morgan fingerprint density at radius 1 is 1.33 bits per heavy atom. The quantitative estimate of drug-likeness (QED) is 0.886. The predicted molar refractivity (Wildman–Crippen MR) is 70.6 cm³/mol. The molecule has 1 atom stereocenters. The summed E-state index contributed by atoms with van der Waals surface area (Å²) in [6.07, 6.45) is 0. The van der Waals surface area contributed by atoms with Crippen LogP contribution >= 0.6 is 0 Å². The zero-order valence-corrected chi connectivity index (χ0v) is 10.8. The molecule has 0 spiro atoms. The van der Waals surface area contributed by atoms with Crippen LogP contribution in [0.4, 0.5) is 4.79 Å². The van der Waals surface area contributed by atoms with Crippen LogP contribution in [0.5, 0.6) is 0 Å². The molecule has 4 nitrogen and oxygen atoms in total. The standard InChI is InChI=1S/C14H20N2O2/c1-12(13-5-3-2-4-6-13)11-15-14(17)16-7-9-18-10-8-16/h2-6,12H,7-11H2,1H3,(H,15,17). The van der Waals surface area contributed by atoms with Crippen molar-refractivity contribution < 1.29 is 9.53 Å². The molecule has 1 aromatic carbocycles. The van der Waals surface area contributed by atoms with Gasteiger partial charge >= 0.3 is 6.03 Å². The summed E-state index contributed by atoms with van der Waals surface area (Å²) in [4.78, 5) is 13.7. The van der Waals surface area contributed by atoms with E-state index in [1.807, 2.05) is 18.2 Å². The first-order chi connectivity index (χ1) is 8.77. The van der Waals surface area contributed by atoms with Crippen LogP contribution in [0.15, 0.2) is 30.3 Å². The second kappa shape index (κ2) is 6.40. The van der Waals surface area contributed by atoms with Crippen molar-refractivity contribution in [3.8, 4) is 0 Å². The number of benzene rings is 1. The Labute approximate surface area is 108 Å². The molecule has 0 bridgehead atoms. The van der Waals surface area contributed by atoms with Gasteiger partial charge in [0.25, 0.3) is 0 Å². The molecule has 1 aromatic rings. The minimum atomic E-state index is 0.0149. The van der Waals surface area contributed by atoms with Gasteiger partial charge in [0.15, 0.2) is 0 Å². The fourth-order valence-corrected chi connectivity index (χ4v) is 2.02.